The van der Waals surface area contributed by atoms with Crippen LogP contribution in [0.1, 0.15) is 10.4 Å². The number of nitrogens with zero attached hydrogens (tertiary/aromatic N) is 1. The second-order valence-corrected chi connectivity index (χ2v) is 4.12. The van der Waals surface area contributed by atoms with Crippen LogP contribution in [-0.4, -0.2) is 51.3 Å². The van der Waals surface area contributed by atoms with E-state index in [0.29, 0.717) is 43.2 Å². The van der Waals surface area contributed by atoms with E-state index in [1.54, 1.807) is 37.3 Å². The molecule has 0 unspecified atom stereocenters. The molecule has 0 fully saturated rings. The summed E-state index contributed by atoms with van der Waals surface area (Å²) in [7, 11) is 3.19. The fraction of sp³-hybridized carbons (Fsp3) is 0.462. The number of hydrogen-bond acceptors (Lipinski definition) is 5. The highest BCUT2D eigenvalue weighted by atomic mass is 16.5. The number of nitrogens with two attached hydrogens (primary N) is 2. The van der Waals surface area contributed by atoms with Crippen molar-refractivity contribution in [3.63, 3.8) is 0 Å². The minimum atomic E-state index is -0.147. The first-order valence-electron chi connectivity index (χ1n) is 6.02. The molecule has 6 heteroatoms. The molecule has 0 saturated carbocycles. The van der Waals surface area contributed by atoms with Gasteiger partial charge < -0.3 is 25.8 Å². The third kappa shape index (κ3) is 4.42. The maximum Gasteiger partial charge on any atom is 0.256 e. The van der Waals surface area contributed by atoms with Crippen molar-refractivity contribution in [1.82, 2.24) is 4.90 Å². The Labute approximate surface area is 113 Å². The Morgan fingerprint density at radius 3 is 2.21 bits per heavy atom. The summed E-state index contributed by atoms with van der Waals surface area (Å²) in [5, 5.41) is 0. The van der Waals surface area contributed by atoms with Crippen LogP contribution in [0, 0.1) is 0 Å². The highest BCUT2D eigenvalue weighted by molar-refractivity contribution is 5.99. The van der Waals surface area contributed by atoms with E-state index in [1.165, 1.54) is 0 Å². The average Bonchev–Trinajstić information content (AvgIpc) is 2.38. The van der Waals surface area contributed by atoms with Crippen LogP contribution in [0.2, 0.25) is 0 Å². The molecule has 0 radical (unpaired) electrons. The predicted octanol–water partition coefficient (Wildman–Crippen LogP) is 0.586. The maximum absolute atomic E-state index is 12.4. The zero-order valence-electron chi connectivity index (χ0n) is 11.4. The number of rotatable bonds is 7. The van der Waals surface area contributed by atoms with E-state index >= 15 is 0 Å². The number of nitrogen functional groups attached to an aromatic ring is 2. The number of hydrogen-bond donors (Lipinski definition) is 2. The standard InChI is InChI=1S/C13H21N3O3/c1-18-7-5-16(6-8-19-2)13(17)11-4-3-10(14)9-12(11)15/h3-4,9H,5-8,14-15H2,1-2H3. The van der Waals surface area contributed by atoms with Gasteiger partial charge in [-0.15, -0.1) is 0 Å². The molecule has 0 saturated heterocycles. The minimum absolute atomic E-state index is 0.147. The second-order valence-electron chi connectivity index (χ2n) is 4.12. The summed E-state index contributed by atoms with van der Waals surface area (Å²) in [6.07, 6.45) is 0. The lowest BCUT2D eigenvalue weighted by Gasteiger charge is -2.22. The molecule has 106 valence electrons. The molecule has 1 amide bonds. The van der Waals surface area contributed by atoms with Crippen molar-refractivity contribution in [3.8, 4) is 0 Å². The van der Waals surface area contributed by atoms with Gasteiger partial charge in [-0.25, -0.2) is 0 Å². The summed E-state index contributed by atoms with van der Waals surface area (Å²) >= 11 is 0. The number of carbonyl (C=O) groups excluding carboxylic acids is 1. The fourth-order valence-electron chi connectivity index (χ4n) is 1.66. The topological polar surface area (TPSA) is 90.8 Å². The van der Waals surface area contributed by atoms with Crippen molar-refractivity contribution in [3.05, 3.63) is 23.8 Å². The minimum Gasteiger partial charge on any atom is -0.399 e. The van der Waals surface area contributed by atoms with Gasteiger partial charge in [-0.3, -0.25) is 4.79 Å². The summed E-state index contributed by atoms with van der Waals surface area (Å²) < 4.78 is 10.0. The first kappa shape index (κ1) is 15.3. The first-order valence-corrected chi connectivity index (χ1v) is 6.02. The lowest BCUT2D eigenvalue weighted by Crippen LogP contribution is -2.36. The Balaban J connectivity index is 2.84. The van der Waals surface area contributed by atoms with Crippen LogP contribution in [0.3, 0.4) is 0 Å². The van der Waals surface area contributed by atoms with E-state index in [2.05, 4.69) is 0 Å². The van der Waals surface area contributed by atoms with E-state index < -0.39 is 0 Å². The molecule has 0 heterocycles. The number of anilines is 2. The lowest BCUT2D eigenvalue weighted by molar-refractivity contribution is 0.0628. The van der Waals surface area contributed by atoms with Crippen LogP contribution in [-0.2, 0) is 9.47 Å². The molecule has 0 bridgehead atoms. The summed E-state index contributed by atoms with van der Waals surface area (Å²) in [5.74, 6) is -0.147. The number of amides is 1. The highest BCUT2D eigenvalue weighted by Crippen LogP contribution is 2.17. The summed E-state index contributed by atoms with van der Waals surface area (Å²) in [6, 6.07) is 4.88. The average molecular weight is 267 g/mol. The largest absolute Gasteiger partial charge is 0.399 e. The molecular formula is C13H21N3O3. The summed E-state index contributed by atoms with van der Waals surface area (Å²) in [5.41, 5.74) is 12.8. The smallest absolute Gasteiger partial charge is 0.256 e. The Morgan fingerprint density at radius 1 is 1.16 bits per heavy atom. The van der Waals surface area contributed by atoms with Gasteiger partial charge in [0.2, 0.25) is 0 Å². The van der Waals surface area contributed by atoms with Gasteiger partial charge in [0, 0.05) is 38.7 Å². The van der Waals surface area contributed by atoms with Crippen molar-refractivity contribution in [2.45, 2.75) is 0 Å². The quantitative estimate of drug-likeness (QED) is 0.705. The maximum atomic E-state index is 12.4. The molecule has 0 aromatic heterocycles. The SMILES string of the molecule is COCCN(CCOC)C(=O)c1ccc(N)cc1N. The zero-order valence-corrected chi connectivity index (χ0v) is 11.4. The molecule has 0 spiro atoms. The van der Waals surface area contributed by atoms with Gasteiger partial charge in [-0.05, 0) is 18.2 Å². The third-order valence-corrected chi connectivity index (χ3v) is 2.72. The Hall–Kier alpha value is -1.79. The zero-order chi connectivity index (χ0) is 14.3. The molecule has 1 aromatic carbocycles. The molecule has 1 aromatic rings. The van der Waals surface area contributed by atoms with Gasteiger partial charge >= 0.3 is 0 Å². The molecule has 6 nitrogen and oxygen atoms in total. The van der Waals surface area contributed by atoms with Gasteiger partial charge in [0.25, 0.3) is 5.91 Å². The third-order valence-electron chi connectivity index (χ3n) is 2.72. The van der Waals surface area contributed by atoms with E-state index in [1.807, 2.05) is 0 Å². The summed E-state index contributed by atoms with van der Waals surface area (Å²) in [6.45, 7) is 1.90. The monoisotopic (exact) mass is 267 g/mol. The Bertz CT molecular complexity index is 416. The highest BCUT2D eigenvalue weighted by Gasteiger charge is 2.17. The molecule has 0 aliphatic carbocycles. The van der Waals surface area contributed by atoms with Crippen LogP contribution in [0.5, 0.6) is 0 Å². The second kappa shape index (κ2) is 7.60. The van der Waals surface area contributed by atoms with Crippen molar-refractivity contribution < 1.29 is 14.3 Å². The van der Waals surface area contributed by atoms with E-state index in [0.717, 1.165) is 0 Å². The van der Waals surface area contributed by atoms with Gasteiger partial charge in [0.1, 0.15) is 0 Å². The number of methoxy groups -OCH3 is 2. The van der Waals surface area contributed by atoms with Gasteiger partial charge in [0.05, 0.1) is 18.8 Å². The van der Waals surface area contributed by atoms with Crippen molar-refractivity contribution in [1.29, 1.82) is 0 Å². The fourth-order valence-corrected chi connectivity index (χ4v) is 1.66. The Kier molecular flexibility index (Phi) is 6.11. The molecule has 0 aliphatic rings. The van der Waals surface area contributed by atoms with Crippen LogP contribution in [0.25, 0.3) is 0 Å². The molecular weight excluding hydrogens is 246 g/mol. The predicted molar refractivity (Wildman–Crippen MR) is 74.9 cm³/mol. The van der Waals surface area contributed by atoms with Crippen molar-refractivity contribution in [2.24, 2.45) is 0 Å². The van der Waals surface area contributed by atoms with Crippen LogP contribution >= 0.6 is 0 Å². The number of carbonyl (C=O) groups is 1. The van der Waals surface area contributed by atoms with Crippen molar-refractivity contribution >= 4 is 17.3 Å². The van der Waals surface area contributed by atoms with Gasteiger partial charge in [-0.2, -0.15) is 0 Å². The van der Waals surface area contributed by atoms with E-state index in [4.69, 9.17) is 20.9 Å². The lowest BCUT2D eigenvalue weighted by atomic mass is 10.1. The molecule has 19 heavy (non-hydrogen) atoms. The number of benzene rings is 1. The van der Waals surface area contributed by atoms with Crippen LogP contribution in [0.15, 0.2) is 18.2 Å². The van der Waals surface area contributed by atoms with Gasteiger partial charge in [0.15, 0.2) is 0 Å². The molecule has 4 N–H and O–H groups in total. The molecule has 1 rings (SSSR count). The van der Waals surface area contributed by atoms with Crippen molar-refractivity contribution in [2.75, 3.05) is 52.0 Å². The van der Waals surface area contributed by atoms with E-state index in [9.17, 15) is 4.79 Å². The van der Waals surface area contributed by atoms with Crippen LogP contribution < -0.4 is 11.5 Å². The van der Waals surface area contributed by atoms with Crippen LogP contribution in [0.4, 0.5) is 11.4 Å². The summed E-state index contributed by atoms with van der Waals surface area (Å²) in [4.78, 5) is 14.0. The molecule has 0 aliphatic heterocycles. The van der Waals surface area contributed by atoms with Gasteiger partial charge in [-0.1, -0.05) is 0 Å². The Morgan fingerprint density at radius 2 is 1.74 bits per heavy atom. The molecule has 0 atom stereocenters. The van der Waals surface area contributed by atoms with E-state index in [-0.39, 0.29) is 5.91 Å². The normalized spacial score (nSPS) is 10.4. The first-order chi connectivity index (χ1) is 9.10. The number of ether oxygens (including phenoxy) is 2.